The van der Waals surface area contributed by atoms with E-state index in [0.29, 0.717) is 6.61 Å². The summed E-state index contributed by atoms with van der Waals surface area (Å²) in [5.74, 6) is 0.405. The van der Waals surface area contributed by atoms with Crippen molar-refractivity contribution in [3.8, 4) is 0 Å². The van der Waals surface area contributed by atoms with Gasteiger partial charge in [-0.15, -0.1) is 0 Å². The highest BCUT2D eigenvalue weighted by molar-refractivity contribution is 5.77. The van der Waals surface area contributed by atoms with Gasteiger partial charge in [0.05, 0.1) is 6.61 Å². The number of ketones is 1. The third-order valence-electron chi connectivity index (χ3n) is 3.53. The molecule has 0 amide bonds. The Labute approximate surface area is 123 Å². The summed E-state index contributed by atoms with van der Waals surface area (Å²) in [6.45, 7) is 5.09. The monoisotopic (exact) mass is 280 g/mol. The minimum absolute atomic E-state index is 0.00126. The minimum atomic E-state index is 0.00126. The van der Waals surface area contributed by atoms with Crippen LogP contribution in [0, 0.1) is 5.92 Å². The number of unbranched alkanes of at least 4 members (excludes halogenated alkanes) is 1. The molecule has 0 aromatic heterocycles. The number of carbonyl (C=O) groups excluding carboxylic acids is 1. The van der Waals surface area contributed by atoms with Crippen LogP contribution >= 0.6 is 0 Å². The Morgan fingerprint density at radius 3 is 2.65 bits per heavy atom. The lowest BCUT2D eigenvalue weighted by atomic mass is 10.0. The fraction of sp³-hybridized carbons (Fsp3) is 0.706. The van der Waals surface area contributed by atoms with Gasteiger partial charge in [0, 0.05) is 12.5 Å². The van der Waals surface area contributed by atoms with Gasteiger partial charge in [-0.3, -0.25) is 4.79 Å². The van der Waals surface area contributed by atoms with E-state index in [9.17, 15) is 4.79 Å². The second-order valence-electron chi connectivity index (χ2n) is 5.40. The van der Waals surface area contributed by atoms with Gasteiger partial charge in [-0.1, -0.05) is 31.2 Å². The standard InChI is InChI=1S/C17H28O3/c1-15(16(2)18)11-7-5-3-4-6-9-13-19-17-12-8-10-14-20-17/h5-7,9,15,17H,3-4,8,10-14H2,1-2H3. The molecule has 1 fully saturated rings. The maximum Gasteiger partial charge on any atom is 0.157 e. The molecule has 0 bridgehead atoms. The molecule has 2 atom stereocenters. The first kappa shape index (κ1) is 17.1. The van der Waals surface area contributed by atoms with E-state index in [1.807, 2.05) is 6.92 Å². The molecule has 1 aliphatic rings. The fourth-order valence-corrected chi connectivity index (χ4v) is 1.97. The summed E-state index contributed by atoms with van der Waals surface area (Å²) in [7, 11) is 0. The summed E-state index contributed by atoms with van der Waals surface area (Å²) in [5.41, 5.74) is 0. The average Bonchev–Trinajstić information content (AvgIpc) is 2.46. The van der Waals surface area contributed by atoms with E-state index in [4.69, 9.17) is 9.47 Å². The van der Waals surface area contributed by atoms with Gasteiger partial charge in [0.25, 0.3) is 0 Å². The molecule has 3 heteroatoms. The molecule has 0 radical (unpaired) electrons. The maximum absolute atomic E-state index is 11.0. The fourth-order valence-electron chi connectivity index (χ4n) is 1.97. The molecule has 0 spiro atoms. The van der Waals surface area contributed by atoms with Crippen molar-refractivity contribution in [1.82, 2.24) is 0 Å². The average molecular weight is 280 g/mol. The van der Waals surface area contributed by atoms with E-state index in [1.54, 1.807) is 6.92 Å². The highest BCUT2D eigenvalue weighted by Gasteiger charge is 2.12. The first-order valence-corrected chi connectivity index (χ1v) is 7.74. The SMILES string of the molecule is CC(=O)C(C)CC=CCCC=CCOC1CCCCO1. The minimum Gasteiger partial charge on any atom is -0.353 e. The van der Waals surface area contributed by atoms with E-state index >= 15 is 0 Å². The maximum atomic E-state index is 11.0. The summed E-state index contributed by atoms with van der Waals surface area (Å²) in [6, 6.07) is 0. The van der Waals surface area contributed by atoms with Crippen LogP contribution in [-0.4, -0.2) is 25.3 Å². The van der Waals surface area contributed by atoms with Crippen LogP contribution in [0.25, 0.3) is 0 Å². The Kier molecular flexibility index (Phi) is 9.25. The Balaban J connectivity index is 1.96. The second-order valence-corrected chi connectivity index (χ2v) is 5.40. The normalized spacial score (nSPS) is 21.6. The predicted molar refractivity (Wildman–Crippen MR) is 81.5 cm³/mol. The first-order valence-electron chi connectivity index (χ1n) is 7.74. The molecule has 1 saturated heterocycles. The van der Waals surface area contributed by atoms with Gasteiger partial charge in [0.2, 0.25) is 0 Å². The van der Waals surface area contributed by atoms with Gasteiger partial charge in [-0.25, -0.2) is 0 Å². The second kappa shape index (κ2) is 10.8. The molecule has 0 N–H and O–H groups in total. The molecule has 1 heterocycles. The number of allylic oxidation sites excluding steroid dienone is 3. The van der Waals surface area contributed by atoms with Crippen molar-refractivity contribution in [2.45, 2.75) is 58.7 Å². The third-order valence-corrected chi connectivity index (χ3v) is 3.53. The number of carbonyl (C=O) groups is 1. The number of hydrogen-bond donors (Lipinski definition) is 0. The van der Waals surface area contributed by atoms with Gasteiger partial charge < -0.3 is 9.47 Å². The molecule has 0 aliphatic carbocycles. The number of ether oxygens (including phenoxy) is 2. The lowest BCUT2D eigenvalue weighted by Crippen LogP contribution is -2.22. The summed E-state index contributed by atoms with van der Waals surface area (Å²) >= 11 is 0. The molecule has 2 unspecified atom stereocenters. The lowest BCUT2D eigenvalue weighted by molar-refractivity contribution is -0.155. The van der Waals surface area contributed by atoms with E-state index in [0.717, 1.165) is 38.7 Å². The summed E-state index contributed by atoms with van der Waals surface area (Å²) in [6.07, 6.45) is 14.7. The van der Waals surface area contributed by atoms with Crippen LogP contribution in [0.1, 0.15) is 52.4 Å². The lowest BCUT2D eigenvalue weighted by Gasteiger charge is -2.21. The van der Waals surface area contributed by atoms with Gasteiger partial charge >= 0.3 is 0 Å². The number of rotatable bonds is 9. The van der Waals surface area contributed by atoms with Crippen LogP contribution in [-0.2, 0) is 14.3 Å². The van der Waals surface area contributed by atoms with Gasteiger partial charge in [0.1, 0.15) is 5.78 Å². The van der Waals surface area contributed by atoms with Crippen LogP contribution < -0.4 is 0 Å². The molecule has 3 nitrogen and oxygen atoms in total. The highest BCUT2D eigenvalue weighted by Crippen LogP contribution is 2.13. The third kappa shape index (κ3) is 8.28. The zero-order valence-corrected chi connectivity index (χ0v) is 12.8. The van der Waals surface area contributed by atoms with E-state index in [1.165, 1.54) is 6.42 Å². The van der Waals surface area contributed by atoms with E-state index in [-0.39, 0.29) is 18.0 Å². The topological polar surface area (TPSA) is 35.5 Å². The zero-order chi connectivity index (χ0) is 14.6. The zero-order valence-electron chi connectivity index (χ0n) is 12.8. The first-order chi connectivity index (χ1) is 9.70. The van der Waals surface area contributed by atoms with Gasteiger partial charge in [0.15, 0.2) is 6.29 Å². The van der Waals surface area contributed by atoms with Crippen molar-refractivity contribution in [2.24, 2.45) is 5.92 Å². The van der Waals surface area contributed by atoms with Crippen LogP contribution in [0.3, 0.4) is 0 Å². The Morgan fingerprint density at radius 2 is 2.00 bits per heavy atom. The largest absolute Gasteiger partial charge is 0.353 e. The molecule has 1 aliphatic heterocycles. The molecule has 0 aromatic rings. The van der Waals surface area contributed by atoms with Crippen LogP contribution in [0.5, 0.6) is 0 Å². The smallest absolute Gasteiger partial charge is 0.157 e. The van der Waals surface area contributed by atoms with Gasteiger partial charge in [-0.2, -0.15) is 0 Å². The number of Topliss-reactive ketones (excluding diaryl/α,β-unsaturated/α-hetero) is 1. The Morgan fingerprint density at radius 1 is 1.25 bits per heavy atom. The van der Waals surface area contributed by atoms with Gasteiger partial charge in [-0.05, 0) is 45.4 Å². The van der Waals surface area contributed by atoms with E-state index in [2.05, 4.69) is 24.3 Å². The van der Waals surface area contributed by atoms with Crippen molar-refractivity contribution < 1.29 is 14.3 Å². The van der Waals surface area contributed by atoms with Crippen molar-refractivity contribution in [2.75, 3.05) is 13.2 Å². The Bertz CT molecular complexity index is 314. The molecule has 0 aromatic carbocycles. The summed E-state index contributed by atoms with van der Waals surface area (Å²) in [4.78, 5) is 11.0. The van der Waals surface area contributed by atoms with Crippen LogP contribution in [0.2, 0.25) is 0 Å². The molecule has 1 rings (SSSR count). The molecular weight excluding hydrogens is 252 g/mol. The molecular formula is C17H28O3. The van der Waals surface area contributed by atoms with Crippen molar-refractivity contribution in [3.63, 3.8) is 0 Å². The van der Waals surface area contributed by atoms with Crippen molar-refractivity contribution in [3.05, 3.63) is 24.3 Å². The predicted octanol–water partition coefficient (Wildman–Crippen LogP) is 4.04. The Hall–Kier alpha value is -0.930. The molecule has 0 saturated carbocycles. The number of hydrogen-bond acceptors (Lipinski definition) is 3. The summed E-state index contributed by atoms with van der Waals surface area (Å²) < 4.78 is 11.1. The van der Waals surface area contributed by atoms with Crippen LogP contribution in [0.4, 0.5) is 0 Å². The van der Waals surface area contributed by atoms with Crippen molar-refractivity contribution in [1.29, 1.82) is 0 Å². The quantitative estimate of drug-likeness (QED) is 0.472. The van der Waals surface area contributed by atoms with Crippen LogP contribution in [0.15, 0.2) is 24.3 Å². The van der Waals surface area contributed by atoms with Crippen molar-refractivity contribution >= 4 is 5.78 Å². The summed E-state index contributed by atoms with van der Waals surface area (Å²) in [5, 5.41) is 0. The highest BCUT2D eigenvalue weighted by atomic mass is 16.7. The molecule has 20 heavy (non-hydrogen) atoms. The van der Waals surface area contributed by atoms with E-state index < -0.39 is 0 Å². The molecule has 114 valence electrons.